The summed E-state index contributed by atoms with van der Waals surface area (Å²) in [4.78, 5) is 12.7. The molecule has 3 aromatic rings. The average Bonchev–Trinajstić information content (AvgIpc) is 2.74. The third-order valence-corrected chi connectivity index (χ3v) is 5.00. The van der Waals surface area contributed by atoms with Gasteiger partial charge in [0.15, 0.2) is 0 Å². The van der Waals surface area contributed by atoms with Crippen LogP contribution in [0.25, 0.3) is 6.08 Å². The monoisotopic (exact) mass is 416 g/mol. The molecule has 3 aromatic carbocycles. The molecule has 0 spiro atoms. The summed E-state index contributed by atoms with van der Waals surface area (Å²) in [5.74, 6) is 0.236. The number of ether oxygens (including phenoxy) is 1. The Kier molecular flexibility index (Phi) is 6.90. The molecule has 0 atom stereocenters. The second-order valence-corrected chi connectivity index (χ2v) is 7.23. The largest absolute Gasteiger partial charge is 0.497 e. The van der Waals surface area contributed by atoms with E-state index in [2.05, 4.69) is 5.32 Å². The van der Waals surface area contributed by atoms with E-state index >= 15 is 0 Å². The summed E-state index contributed by atoms with van der Waals surface area (Å²) < 4.78 is 5.35. The second kappa shape index (κ2) is 9.78. The smallest absolute Gasteiger partial charge is 0.266 e. The van der Waals surface area contributed by atoms with Gasteiger partial charge >= 0.3 is 0 Å². The molecule has 150 valence electrons. The summed E-state index contributed by atoms with van der Waals surface area (Å²) >= 11 is 6.32. The van der Waals surface area contributed by atoms with E-state index in [1.807, 2.05) is 67.6 Å². The minimum absolute atomic E-state index is 0.0158. The molecule has 1 N–H and O–H groups in total. The van der Waals surface area contributed by atoms with E-state index in [9.17, 15) is 10.1 Å². The molecule has 0 aromatic heterocycles. The first-order chi connectivity index (χ1) is 14.5. The van der Waals surface area contributed by atoms with Crippen LogP contribution in [0.1, 0.15) is 22.3 Å². The Morgan fingerprint density at radius 3 is 2.60 bits per heavy atom. The lowest BCUT2D eigenvalue weighted by Gasteiger charge is -2.11. The predicted octanol–water partition coefficient (Wildman–Crippen LogP) is 5.79. The van der Waals surface area contributed by atoms with Crippen molar-refractivity contribution in [1.82, 2.24) is 0 Å². The Bertz CT molecular complexity index is 1150. The molecule has 0 aliphatic carbocycles. The molecule has 0 radical (unpaired) electrons. The van der Waals surface area contributed by atoms with Crippen molar-refractivity contribution >= 4 is 29.3 Å². The minimum Gasteiger partial charge on any atom is -0.497 e. The van der Waals surface area contributed by atoms with Crippen molar-refractivity contribution in [3.8, 4) is 11.8 Å². The maximum absolute atomic E-state index is 12.7. The highest BCUT2D eigenvalue weighted by molar-refractivity contribution is 6.31. The highest BCUT2D eigenvalue weighted by Crippen LogP contribution is 2.26. The number of hydrogen-bond donors (Lipinski definition) is 1. The molecular weight excluding hydrogens is 396 g/mol. The Hall–Kier alpha value is -3.55. The first-order valence-electron chi connectivity index (χ1n) is 9.40. The molecule has 1 amide bonds. The lowest BCUT2D eigenvalue weighted by molar-refractivity contribution is -0.112. The van der Waals surface area contributed by atoms with Crippen LogP contribution >= 0.6 is 11.6 Å². The van der Waals surface area contributed by atoms with E-state index in [4.69, 9.17) is 16.3 Å². The Morgan fingerprint density at radius 2 is 1.90 bits per heavy atom. The molecule has 0 saturated heterocycles. The second-order valence-electron chi connectivity index (χ2n) is 6.83. The van der Waals surface area contributed by atoms with Gasteiger partial charge < -0.3 is 10.1 Å². The highest BCUT2D eigenvalue weighted by atomic mass is 35.5. The van der Waals surface area contributed by atoms with Crippen LogP contribution in [0, 0.1) is 18.3 Å². The number of rotatable bonds is 6. The molecule has 0 saturated carbocycles. The fraction of sp³-hybridized carbons (Fsp3) is 0.120. The van der Waals surface area contributed by atoms with Gasteiger partial charge in [-0.15, -0.1) is 0 Å². The van der Waals surface area contributed by atoms with Crippen LogP contribution in [-0.2, 0) is 11.2 Å². The Balaban J connectivity index is 1.94. The molecule has 30 heavy (non-hydrogen) atoms. The van der Waals surface area contributed by atoms with Crippen molar-refractivity contribution < 1.29 is 9.53 Å². The number of nitriles is 1. The number of carbonyl (C=O) groups is 1. The number of anilines is 1. The summed E-state index contributed by atoms with van der Waals surface area (Å²) in [6.45, 7) is 1.94. The lowest BCUT2D eigenvalue weighted by atomic mass is 9.97. The summed E-state index contributed by atoms with van der Waals surface area (Å²) in [5.41, 5.74) is 4.29. The van der Waals surface area contributed by atoms with E-state index in [-0.39, 0.29) is 5.57 Å². The zero-order valence-electron chi connectivity index (χ0n) is 16.8. The number of nitrogens with zero attached hydrogens (tertiary/aromatic N) is 1. The quantitative estimate of drug-likeness (QED) is 0.408. The van der Waals surface area contributed by atoms with E-state index in [1.165, 1.54) is 0 Å². The topological polar surface area (TPSA) is 62.1 Å². The van der Waals surface area contributed by atoms with E-state index < -0.39 is 5.91 Å². The van der Waals surface area contributed by atoms with Crippen molar-refractivity contribution in [2.45, 2.75) is 13.3 Å². The molecular formula is C25H21ClN2O2. The zero-order valence-corrected chi connectivity index (χ0v) is 17.5. The first-order valence-corrected chi connectivity index (χ1v) is 9.78. The van der Waals surface area contributed by atoms with E-state index in [0.29, 0.717) is 22.9 Å². The van der Waals surface area contributed by atoms with Gasteiger partial charge in [-0.25, -0.2) is 0 Å². The van der Waals surface area contributed by atoms with Crippen molar-refractivity contribution in [2.75, 3.05) is 12.4 Å². The molecule has 0 bridgehead atoms. The fourth-order valence-corrected chi connectivity index (χ4v) is 3.28. The summed E-state index contributed by atoms with van der Waals surface area (Å²) in [6.07, 6.45) is 2.14. The molecule has 0 unspecified atom stereocenters. The van der Waals surface area contributed by atoms with Crippen molar-refractivity contribution in [3.05, 3.63) is 99.6 Å². The lowest BCUT2D eigenvalue weighted by Crippen LogP contribution is -2.13. The van der Waals surface area contributed by atoms with Crippen LogP contribution in [0.4, 0.5) is 5.69 Å². The minimum atomic E-state index is -0.456. The zero-order chi connectivity index (χ0) is 21.5. The molecule has 0 aliphatic heterocycles. The summed E-state index contributed by atoms with van der Waals surface area (Å²) in [5, 5.41) is 13.0. The number of halogens is 1. The van der Waals surface area contributed by atoms with Crippen LogP contribution < -0.4 is 10.1 Å². The number of methoxy groups -OCH3 is 1. The summed E-state index contributed by atoms with van der Waals surface area (Å²) in [7, 11) is 1.60. The van der Waals surface area contributed by atoms with E-state index in [1.54, 1.807) is 25.3 Å². The number of aryl methyl sites for hydroxylation is 1. The Labute approximate surface area is 181 Å². The number of carbonyl (C=O) groups excluding carboxylic acids is 1. The van der Waals surface area contributed by atoms with Gasteiger partial charge in [0.2, 0.25) is 0 Å². The fourth-order valence-electron chi connectivity index (χ4n) is 3.08. The molecule has 0 aliphatic rings. The van der Waals surface area contributed by atoms with Crippen LogP contribution in [0.3, 0.4) is 0 Å². The van der Waals surface area contributed by atoms with Gasteiger partial charge in [-0.1, -0.05) is 48.0 Å². The number of amides is 1. The van der Waals surface area contributed by atoms with E-state index in [0.717, 1.165) is 22.3 Å². The normalized spacial score (nSPS) is 10.9. The van der Waals surface area contributed by atoms with Crippen molar-refractivity contribution in [2.24, 2.45) is 0 Å². The molecule has 0 fully saturated rings. The SMILES string of the molecule is COc1ccc(/C=C(\C#N)C(=O)Nc2cccc(C)c2)c(Cc2ccccc2Cl)c1. The molecule has 0 heterocycles. The number of benzene rings is 3. The van der Waals surface area contributed by atoms with Gasteiger partial charge in [0.1, 0.15) is 17.4 Å². The van der Waals surface area contributed by atoms with Gasteiger partial charge in [-0.05, 0) is 72.0 Å². The molecule has 4 nitrogen and oxygen atoms in total. The maximum Gasteiger partial charge on any atom is 0.266 e. The maximum atomic E-state index is 12.7. The van der Waals surface area contributed by atoms with Crippen molar-refractivity contribution in [3.63, 3.8) is 0 Å². The Morgan fingerprint density at radius 1 is 1.10 bits per heavy atom. The number of hydrogen-bond acceptors (Lipinski definition) is 3. The van der Waals surface area contributed by atoms with Gasteiger partial charge in [0.25, 0.3) is 5.91 Å². The van der Waals surface area contributed by atoms with Crippen LogP contribution in [0.5, 0.6) is 5.75 Å². The third kappa shape index (κ3) is 5.28. The van der Waals surface area contributed by atoms with Gasteiger partial charge in [-0.2, -0.15) is 5.26 Å². The van der Waals surface area contributed by atoms with Gasteiger partial charge in [-0.3, -0.25) is 4.79 Å². The van der Waals surface area contributed by atoms with Crippen LogP contribution in [-0.4, -0.2) is 13.0 Å². The molecule has 5 heteroatoms. The van der Waals surface area contributed by atoms with Gasteiger partial charge in [0, 0.05) is 10.7 Å². The predicted molar refractivity (Wildman–Crippen MR) is 121 cm³/mol. The molecule has 3 rings (SSSR count). The number of nitrogens with one attached hydrogen (secondary N) is 1. The van der Waals surface area contributed by atoms with Gasteiger partial charge in [0.05, 0.1) is 7.11 Å². The highest BCUT2D eigenvalue weighted by Gasteiger charge is 2.13. The van der Waals surface area contributed by atoms with Crippen molar-refractivity contribution in [1.29, 1.82) is 5.26 Å². The standard InChI is InChI=1S/C25H21ClN2O2/c1-17-6-5-8-22(12-17)28-25(29)21(16-27)13-18-10-11-23(30-2)15-20(18)14-19-7-3-4-9-24(19)26/h3-13,15H,14H2,1-2H3,(H,28,29)/b21-13+. The summed E-state index contributed by atoms with van der Waals surface area (Å²) in [6, 6.07) is 22.6. The third-order valence-electron chi connectivity index (χ3n) is 4.63. The van der Waals surface area contributed by atoms with Crippen LogP contribution in [0.2, 0.25) is 5.02 Å². The first kappa shape index (κ1) is 21.2. The average molecular weight is 417 g/mol. The van der Waals surface area contributed by atoms with Crippen LogP contribution in [0.15, 0.2) is 72.3 Å².